The molecule has 11 heavy (non-hydrogen) atoms. The molecule has 4 heteroatoms. The van der Waals surface area contributed by atoms with Gasteiger partial charge in [0.05, 0.1) is 6.10 Å². The molecule has 0 saturated carbocycles. The summed E-state index contributed by atoms with van der Waals surface area (Å²) in [7, 11) is 0. The van der Waals surface area contributed by atoms with Gasteiger partial charge < -0.3 is 0 Å². The Morgan fingerprint density at radius 3 is 2.45 bits per heavy atom. The maximum absolute atomic E-state index is 10.8. The molecule has 0 amide bonds. The molecule has 0 aromatic carbocycles. The molecule has 0 heterocycles. The molecule has 0 aliphatic carbocycles. The molecular formula is C7H12O3V. The summed E-state index contributed by atoms with van der Waals surface area (Å²) in [5, 5.41) is 8.08. The maximum Gasteiger partial charge on any atom is 0.160 e. The van der Waals surface area contributed by atoms with Crippen molar-refractivity contribution in [1.29, 1.82) is 0 Å². The molecule has 0 aliphatic heterocycles. The van der Waals surface area contributed by atoms with Gasteiger partial charge in [-0.05, 0) is 19.4 Å². The summed E-state index contributed by atoms with van der Waals surface area (Å²) in [6.45, 7) is 6.70. The van der Waals surface area contributed by atoms with Gasteiger partial charge in [0.15, 0.2) is 5.78 Å². The van der Waals surface area contributed by atoms with E-state index in [1.807, 2.05) is 0 Å². The third-order valence-corrected chi connectivity index (χ3v) is 1.13. The van der Waals surface area contributed by atoms with Crippen LogP contribution in [0.1, 0.15) is 20.3 Å². The van der Waals surface area contributed by atoms with E-state index in [9.17, 15) is 4.79 Å². The van der Waals surface area contributed by atoms with Gasteiger partial charge in [0.2, 0.25) is 0 Å². The van der Waals surface area contributed by atoms with Crippen LogP contribution in [0.3, 0.4) is 0 Å². The second-order valence-electron chi connectivity index (χ2n) is 2.32. The van der Waals surface area contributed by atoms with Crippen molar-refractivity contribution in [3.63, 3.8) is 0 Å². The number of hydrogen-bond acceptors (Lipinski definition) is 3. The Bertz CT molecular complexity index is 145. The number of rotatable bonds is 4. The Hall–Kier alpha value is -0.0856. The molecule has 63 valence electrons. The summed E-state index contributed by atoms with van der Waals surface area (Å²) in [4.78, 5) is 14.7. The van der Waals surface area contributed by atoms with Crippen molar-refractivity contribution in [2.75, 3.05) is 0 Å². The molecule has 3 nitrogen and oxygen atoms in total. The maximum atomic E-state index is 10.8. The summed E-state index contributed by atoms with van der Waals surface area (Å²) < 4.78 is 0. The number of ketones is 1. The van der Waals surface area contributed by atoms with Gasteiger partial charge in [-0.15, -0.1) is 0 Å². The van der Waals surface area contributed by atoms with Gasteiger partial charge in [0.1, 0.15) is 0 Å². The van der Waals surface area contributed by atoms with E-state index in [-0.39, 0.29) is 30.8 Å². The van der Waals surface area contributed by atoms with Gasteiger partial charge in [0, 0.05) is 25.0 Å². The zero-order valence-electron chi connectivity index (χ0n) is 6.70. The standard InChI is InChI=1S/C7H12O3.V/c1-5(2)7(8)4-6(3)10-9;/h6,9H,1,4H2,2-3H3;. The molecule has 1 unspecified atom stereocenters. The quantitative estimate of drug-likeness (QED) is 0.419. The Morgan fingerprint density at radius 1 is 1.73 bits per heavy atom. The third-order valence-electron chi connectivity index (χ3n) is 1.13. The average Bonchev–Trinajstić information content (AvgIpc) is 1.87. The van der Waals surface area contributed by atoms with E-state index in [1.54, 1.807) is 13.8 Å². The Labute approximate surface area is 78.2 Å². The van der Waals surface area contributed by atoms with Crippen LogP contribution in [0.15, 0.2) is 12.2 Å². The molecule has 0 bridgehead atoms. The van der Waals surface area contributed by atoms with E-state index in [1.165, 1.54) is 0 Å². The number of Topliss-reactive ketones (excluding diaryl/α,β-unsaturated/α-hetero) is 1. The van der Waals surface area contributed by atoms with Crippen molar-refractivity contribution in [3.8, 4) is 0 Å². The molecule has 0 fully saturated rings. The molecule has 1 radical (unpaired) electrons. The molecule has 0 spiro atoms. The molecule has 1 atom stereocenters. The van der Waals surface area contributed by atoms with Crippen LogP contribution < -0.4 is 0 Å². The average molecular weight is 195 g/mol. The molecule has 0 rings (SSSR count). The molecular weight excluding hydrogens is 183 g/mol. The Balaban J connectivity index is 0. The normalized spacial score (nSPS) is 11.5. The summed E-state index contributed by atoms with van der Waals surface area (Å²) in [6, 6.07) is 0. The van der Waals surface area contributed by atoms with Crippen molar-refractivity contribution < 1.29 is 33.5 Å². The van der Waals surface area contributed by atoms with Crippen LogP contribution in [-0.2, 0) is 28.2 Å². The van der Waals surface area contributed by atoms with Crippen LogP contribution in [0, 0.1) is 0 Å². The molecule has 1 N–H and O–H groups in total. The van der Waals surface area contributed by atoms with Crippen LogP contribution in [-0.4, -0.2) is 17.1 Å². The van der Waals surface area contributed by atoms with Crippen LogP contribution in [0.5, 0.6) is 0 Å². The SMILES string of the molecule is C=C(C)C(=O)CC(C)OO.[V]. The molecule has 0 aromatic rings. The zero-order chi connectivity index (χ0) is 8.15. The van der Waals surface area contributed by atoms with E-state index in [0.29, 0.717) is 5.57 Å². The molecule has 0 saturated heterocycles. The van der Waals surface area contributed by atoms with Gasteiger partial charge in [-0.2, -0.15) is 0 Å². The van der Waals surface area contributed by atoms with E-state index < -0.39 is 6.10 Å². The monoisotopic (exact) mass is 195 g/mol. The third kappa shape index (κ3) is 6.32. The minimum absolute atomic E-state index is 0. The predicted molar refractivity (Wildman–Crippen MR) is 37.6 cm³/mol. The predicted octanol–water partition coefficient (Wildman–Crippen LogP) is 1.40. The van der Waals surface area contributed by atoms with Crippen molar-refractivity contribution >= 4 is 5.78 Å². The van der Waals surface area contributed by atoms with E-state index in [0.717, 1.165) is 0 Å². The minimum Gasteiger partial charge on any atom is -0.294 e. The molecule has 0 aromatic heterocycles. The van der Waals surface area contributed by atoms with Crippen LogP contribution >= 0.6 is 0 Å². The van der Waals surface area contributed by atoms with E-state index in [4.69, 9.17) is 5.26 Å². The largest absolute Gasteiger partial charge is 0.294 e. The van der Waals surface area contributed by atoms with E-state index >= 15 is 0 Å². The van der Waals surface area contributed by atoms with Crippen molar-refractivity contribution in [1.82, 2.24) is 0 Å². The van der Waals surface area contributed by atoms with Gasteiger partial charge >= 0.3 is 0 Å². The number of carbonyl (C=O) groups excluding carboxylic acids is 1. The van der Waals surface area contributed by atoms with Gasteiger partial charge in [0.25, 0.3) is 0 Å². The van der Waals surface area contributed by atoms with Gasteiger partial charge in [-0.3, -0.25) is 10.1 Å². The Morgan fingerprint density at radius 2 is 2.18 bits per heavy atom. The van der Waals surface area contributed by atoms with Crippen molar-refractivity contribution in [3.05, 3.63) is 12.2 Å². The summed E-state index contributed by atoms with van der Waals surface area (Å²) in [6.07, 6.45) is -0.254. The summed E-state index contributed by atoms with van der Waals surface area (Å²) >= 11 is 0. The van der Waals surface area contributed by atoms with Crippen LogP contribution in [0.4, 0.5) is 0 Å². The second kappa shape index (κ2) is 6.61. The van der Waals surface area contributed by atoms with Crippen molar-refractivity contribution in [2.45, 2.75) is 26.4 Å². The second-order valence-corrected chi connectivity index (χ2v) is 2.32. The number of hydrogen-bond donors (Lipinski definition) is 1. The first-order chi connectivity index (χ1) is 4.57. The summed E-state index contributed by atoms with van der Waals surface area (Å²) in [5.74, 6) is -0.0819. The van der Waals surface area contributed by atoms with E-state index in [2.05, 4.69) is 11.5 Å². The fourth-order valence-corrected chi connectivity index (χ4v) is 0.473. The smallest absolute Gasteiger partial charge is 0.160 e. The first-order valence-electron chi connectivity index (χ1n) is 3.07. The van der Waals surface area contributed by atoms with Gasteiger partial charge in [-0.1, -0.05) is 6.58 Å². The fourth-order valence-electron chi connectivity index (χ4n) is 0.473. The number of allylic oxidation sites excluding steroid dienone is 1. The fraction of sp³-hybridized carbons (Fsp3) is 0.571. The minimum atomic E-state index is -0.441. The molecule has 0 aliphatic rings. The topological polar surface area (TPSA) is 46.5 Å². The van der Waals surface area contributed by atoms with Crippen LogP contribution in [0.25, 0.3) is 0 Å². The van der Waals surface area contributed by atoms with Crippen molar-refractivity contribution in [2.24, 2.45) is 0 Å². The first-order valence-corrected chi connectivity index (χ1v) is 3.07. The van der Waals surface area contributed by atoms with Gasteiger partial charge in [-0.25, -0.2) is 4.89 Å². The summed E-state index contributed by atoms with van der Waals surface area (Å²) in [5.41, 5.74) is 0.490. The first kappa shape index (κ1) is 13.5. The van der Waals surface area contributed by atoms with Crippen LogP contribution in [0.2, 0.25) is 0 Å². The zero-order valence-corrected chi connectivity index (χ0v) is 8.10. The Kier molecular flexibility index (Phi) is 8.12. The number of carbonyl (C=O) groups is 1.